The molecule has 0 radical (unpaired) electrons. The molecule has 0 heterocycles. The predicted molar refractivity (Wildman–Crippen MR) is 88.1 cm³/mol. The highest BCUT2D eigenvalue weighted by Gasteiger charge is 2.20. The molecule has 0 aliphatic heterocycles. The quantitative estimate of drug-likeness (QED) is 0.832. The summed E-state index contributed by atoms with van der Waals surface area (Å²) < 4.78 is 0. The van der Waals surface area contributed by atoms with Gasteiger partial charge in [0.15, 0.2) is 0 Å². The van der Waals surface area contributed by atoms with Crippen molar-refractivity contribution in [2.75, 3.05) is 0 Å². The third-order valence-corrected chi connectivity index (χ3v) is 4.68. The van der Waals surface area contributed by atoms with Gasteiger partial charge in [-0.1, -0.05) is 41.5 Å². The SMILES string of the molecule is Cc1ccc(SC(Cc2cc(C)ccc2C)C(=O)O)cc1. The normalized spacial score (nSPS) is 12.1. The fourth-order valence-corrected chi connectivity index (χ4v) is 3.17. The number of aliphatic carboxylic acids is 1. The minimum atomic E-state index is -0.763. The first-order chi connectivity index (χ1) is 9.95. The molecule has 1 unspecified atom stereocenters. The van der Waals surface area contributed by atoms with E-state index in [1.807, 2.05) is 45.0 Å². The first kappa shape index (κ1) is 15.6. The zero-order chi connectivity index (χ0) is 15.4. The molecule has 0 aliphatic rings. The molecule has 0 aromatic heterocycles. The second-order valence-electron chi connectivity index (χ2n) is 5.39. The highest BCUT2D eigenvalue weighted by Crippen LogP contribution is 2.27. The van der Waals surface area contributed by atoms with E-state index in [1.54, 1.807) is 0 Å². The first-order valence-electron chi connectivity index (χ1n) is 6.98. The van der Waals surface area contributed by atoms with Gasteiger partial charge in [-0.15, -0.1) is 11.8 Å². The van der Waals surface area contributed by atoms with E-state index in [1.165, 1.54) is 22.9 Å². The number of rotatable bonds is 5. The van der Waals surface area contributed by atoms with Gasteiger partial charge < -0.3 is 5.11 Å². The van der Waals surface area contributed by atoms with Gasteiger partial charge in [-0.25, -0.2) is 0 Å². The van der Waals surface area contributed by atoms with Crippen molar-refractivity contribution in [3.8, 4) is 0 Å². The maximum Gasteiger partial charge on any atom is 0.317 e. The average molecular weight is 300 g/mol. The van der Waals surface area contributed by atoms with E-state index in [4.69, 9.17) is 0 Å². The third-order valence-electron chi connectivity index (χ3n) is 3.48. The zero-order valence-electron chi connectivity index (χ0n) is 12.6. The van der Waals surface area contributed by atoms with Crippen molar-refractivity contribution < 1.29 is 9.90 Å². The Hall–Kier alpha value is -1.74. The molecule has 110 valence electrons. The number of thioether (sulfide) groups is 1. The van der Waals surface area contributed by atoms with Crippen molar-refractivity contribution in [1.29, 1.82) is 0 Å². The van der Waals surface area contributed by atoms with Crippen LogP contribution in [0, 0.1) is 20.8 Å². The van der Waals surface area contributed by atoms with Crippen LogP contribution in [0.25, 0.3) is 0 Å². The van der Waals surface area contributed by atoms with Crippen molar-refractivity contribution in [3.63, 3.8) is 0 Å². The van der Waals surface area contributed by atoms with E-state index in [2.05, 4.69) is 18.2 Å². The van der Waals surface area contributed by atoms with Gasteiger partial charge in [-0.2, -0.15) is 0 Å². The topological polar surface area (TPSA) is 37.3 Å². The van der Waals surface area contributed by atoms with Gasteiger partial charge in [0, 0.05) is 4.90 Å². The molecule has 0 spiro atoms. The fraction of sp³-hybridized carbons (Fsp3) is 0.278. The Labute approximate surface area is 130 Å². The van der Waals surface area contributed by atoms with Crippen molar-refractivity contribution in [2.24, 2.45) is 0 Å². The Morgan fingerprint density at radius 2 is 1.67 bits per heavy atom. The number of carboxylic acids is 1. The minimum Gasteiger partial charge on any atom is -0.480 e. The molecule has 0 saturated carbocycles. The number of aryl methyl sites for hydroxylation is 3. The predicted octanol–water partition coefficient (Wildman–Crippen LogP) is 4.40. The molecule has 0 saturated heterocycles. The van der Waals surface area contributed by atoms with E-state index in [9.17, 15) is 9.90 Å². The Kier molecular flexibility index (Phi) is 5.07. The molecule has 21 heavy (non-hydrogen) atoms. The van der Waals surface area contributed by atoms with Gasteiger partial charge in [0.05, 0.1) is 0 Å². The summed E-state index contributed by atoms with van der Waals surface area (Å²) in [6.45, 7) is 6.09. The summed E-state index contributed by atoms with van der Waals surface area (Å²) in [6, 6.07) is 14.2. The monoisotopic (exact) mass is 300 g/mol. The van der Waals surface area contributed by atoms with Crippen LogP contribution < -0.4 is 0 Å². The van der Waals surface area contributed by atoms with E-state index in [-0.39, 0.29) is 0 Å². The van der Waals surface area contributed by atoms with Crippen LogP contribution in [0.4, 0.5) is 0 Å². The summed E-state index contributed by atoms with van der Waals surface area (Å²) in [7, 11) is 0. The number of hydrogen-bond donors (Lipinski definition) is 1. The lowest BCUT2D eigenvalue weighted by atomic mass is 10.0. The summed E-state index contributed by atoms with van der Waals surface area (Å²) in [5, 5.41) is 9.03. The number of hydrogen-bond acceptors (Lipinski definition) is 2. The van der Waals surface area contributed by atoms with Gasteiger partial charge in [-0.05, 0) is 50.5 Å². The second kappa shape index (κ2) is 6.81. The lowest BCUT2D eigenvalue weighted by Gasteiger charge is -2.14. The van der Waals surface area contributed by atoms with E-state index in [0.29, 0.717) is 6.42 Å². The van der Waals surface area contributed by atoms with Gasteiger partial charge in [-0.3, -0.25) is 4.79 Å². The third kappa shape index (κ3) is 4.36. The summed E-state index contributed by atoms with van der Waals surface area (Å²) in [6.07, 6.45) is 0.543. The van der Waals surface area contributed by atoms with Gasteiger partial charge in [0.2, 0.25) is 0 Å². The Morgan fingerprint density at radius 1 is 1.05 bits per heavy atom. The number of benzene rings is 2. The molecule has 2 rings (SSSR count). The molecule has 0 amide bonds. The van der Waals surface area contributed by atoms with Crippen LogP contribution in [0.3, 0.4) is 0 Å². The zero-order valence-corrected chi connectivity index (χ0v) is 13.4. The maximum absolute atomic E-state index is 11.6. The minimum absolute atomic E-state index is 0.465. The molecule has 1 atom stereocenters. The number of carbonyl (C=O) groups is 1. The molecule has 2 nitrogen and oxygen atoms in total. The van der Waals surface area contributed by atoms with E-state index in [0.717, 1.165) is 16.0 Å². The molecule has 3 heteroatoms. The van der Waals surface area contributed by atoms with Crippen LogP contribution >= 0.6 is 11.8 Å². The molecule has 2 aromatic carbocycles. The van der Waals surface area contributed by atoms with Crippen LogP contribution in [0.2, 0.25) is 0 Å². The molecular formula is C18H20O2S. The lowest BCUT2D eigenvalue weighted by molar-refractivity contribution is -0.136. The number of carboxylic acid groups (broad SMARTS) is 1. The summed E-state index contributed by atoms with van der Waals surface area (Å²) in [5.74, 6) is -0.763. The van der Waals surface area contributed by atoms with Gasteiger partial charge in [0.25, 0.3) is 0 Å². The summed E-state index contributed by atoms with van der Waals surface area (Å²) in [5.41, 5.74) is 4.61. The molecular weight excluding hydrogens is 280 g/mol. The second-order valence-corrected chi connectivity index (χ2v) is 6.67. The van der Waals surface area contributed by atoms with Crippen molar-refractivity contribution in [2.45, 2.75) is 37.3 Å². The largest absolute Gasteiger partial charge is 0.480 e. The molecule has 0 aliphatic carbocycles. The average Bonchev–Trinajstić information content (AvgIpc) is 2.44. The van der Waals surface area contributed by atoms with Crippen molar-refractivity contribution in [1.82, 2.24) is 0 Å². The van der Waals surface area contributed by atoms with E-state index >= 15 is 0 Å². The molecule has 2 aromatic rings. The smallest absolute Gasteiger partial charge is 0.317 e. The van der Waals surface area contributed by atoms with Crippen LogP contribution in [0.15, 0.2) is 47.4 Å². The Morgan fingerprint density at radius 3 is 2.29 bits per heavy atom. The van der Waals surface area contributed by atoms with Crippen LogP contribution in [0.5, 0.6) is 0 Å². The first-order valence-corrected chi connectivity index (χ1v) is 7.86. The van der Waals surface area contributed by atoms with Crippen molar-refractivity contribution in [3.05, 3.63) is 64.7 Å². The van der Waals surface area contributed by atoms with Gasteiger partial charge in [0.1, 0.15) is 5.25 Å². The Bertz CT molecular complexity index is 632. The summed E-state index contributed by atoms with van der Waals surface area (Å²) in [4.78, 5) is 12.5. The molecule has 0 bridgehead atoms. The summed E-state index contributed by atoms with van der Waals surface area (Å²) >= 11 is 1.42. The maximum atomic E-state index is 11.6. The van der Waals surface area contributed by atoms with E-state index < -0.39 is 11.2 Å². The van der Waals surface area contributed by atoms with Crippen LogP contribution in [0.1, 0.15) is 22.3 Å². The van der Waals surface area contributed by atoms with Gasteiger partial charge >= 0.3 is 5.97 Å². The van der Waals surface area contributed by atoms with Crippen LogP contribution in [-0.4, -0.2) is 16.3 Å². The van der Waals surface area contributed by atoms with Crippen molar-refractivity contribution >= 4 is 17.7 Å². The van der Waals surface area contributed by atoms with Crippen LogP contribution in [-0.2, 0) is 11.2 Å². The highest BCUT2D eigenvalue weighted by molar-refractivity contribution is 8.00. The molecule has 1 N–H and O–H groups in total. The lowest BCUT2D eigenvalue weighted by Crippen LogP contribution is -2.19. The fourth-order valence-electron chi connectivity index (χ4n) is 2.18. The highest BCUT2D eigenvalue weighted by atomic mass is 32.2. The Balaban J connectivity index is 2.17. The molecule has 0 fully saturated rings. The standard InChI is InChI=1S/C18H20O2S/c1-12-5-8-16(9-6-12)21-17(18(19)20)11-15-10-13(2)4-7-14(15)3/h4-10,17H,11H2,1-3H3,(H,19,20).